The molecule has 1 N–H and O–H groups in total. The van der Waals surface area contributed by atoms with E-state index in [1.165, 1.54) is 0 Å². The molecule has 17 heavy (non-hydrogen) atoms. The average Bonchev–Trinajstić information content (AvgIpc) is 2.51. The van der Waals surface area contributed by atoms with Crippen molar-refractivity contribution in [2.24, 2.45) is 7.05 Å². The van der Waals surface area contributed by atoms with E-state index < -0.39 is 0 Å². The van der Waals surface area contributed by atoms with E-state index in [0.717, 1.165) is 15.9 Å². The van der Waals surface area contributed by atoms with Crippen LogP contribution in [0.5, 0.6) is 0 Å². The van der Waals surface area contributed by atoms with Crippen molar-refractivity contribution in [1.29, 1.82) is 0 Å². The fourth-order valence-corrected chi connectivity index (χ4v) is 1.95. The van der Waals surface area contributed by atoms with E-state index in [2.05, 4.69) is 26.3 Å². The Labute approximate surface area is 110 Å². The second kappa shape index (κ2) is 6.16. The topological polar surface area (TPSA) is 56.1 Å². The van der Waals surface area contributed by atoms with Gasteiger partial charge in [0.15, 0.2) is 0 Å². The van der Waals surface area contributed by atoms with Crippen LogP contribution in [0.15, 0.2) is 4.47 Å². The SMILES string of the molecule is CCOC(=O)C(C)NCc1c(Br)c(C)nn1C. The molecule has 0 amide bonds. The first-order valence-electron chi connectivity index (χ1n) is 5.55. The van der Waals surface area contributed by atoms with Crippen molar-refractivity contribution >= 4 is 21.9 Å². The Hall–Kier alpha value is -0.880. The van der Waals surface area contributed by atoms with Gasteiger partial charge in [-0.2, -0.15) is 5.10 Å². The van der Waals surface area contributed by atoms with E-state index in [0.29, 0.717) is 13.2 Å². The zero-order valence-corrected chi connectivity index (χ0v) is 12.2. The molecule has 0 aliphatic heterocycles. The summed E-state index contributed by atoms with van der Waals surface area (Å²) in [6, 6.07) is -0.322. The van der Waals surface area contributed by atoms with Gasteiger partial charge in [0.25, 0.3) is 0 Å². The van der Waals surface area contributed by atoms with Crippen LogP contribution >= 0.6 is 15.9 Å². The quantitative estimate of drug-likeness (QED) is 0.838. The highest BCUT2D eigenvalue weighted by Gasteiger charge is 2.16. The van der Waals surface area contributed by atoms with Crippen molar-refractivity contribution in [3.63, 3.8) is 0 Å². The predicted molar refractivity (Wildman–Crippen MR) is 68.6 cm³/mol. The number of ether oxygens (including phenoxy) is 1. The molecule has 0 aliphatic carbocycles. The first-order valence-corrected chi connectivity index (χ1v) is 6.34. The van der Waals surface area contributed by atoms with Crippen molar-refractivity contribution < 1.29 is 9.53 Å². The Bertz CT molecular complexity index is 404. The van der Waals surface area contributed by atoms with Crippen LogP contribution in [0.25, 0.3) is 0 Å². The van der Waals surface area contributed by atoms with Gasteiger partial charge in [-0.15, -0.1) is 0 Å². The Balaban J connectivity index is 2.58. The minimum atomic E-state index is -0.322. The highest BCUT2D eigenvalue weighted by atomic mass is 79.9. The van der Waals surface area contributed by atoms with E-state index >= 15 is 0 Å². The van der Waals surface area contributed by atoms with E-state index in [1.54, 1.807) is 18.5 Å². The van der Waals surface area contributed by atoms with Crippen LogP contribution in [0.3, 0.4) is 0 Å². The summed E-state index contributed by atoms with van der Waals surface area (Å²) in [7, 11) is 1.88. The average molecular weight is 304 g/mol. The Morgan fingerprint density at radius 3 is 2.76 bits per heavy atom. The third-order valence-corrected chi connectivity index (χ3v) is 3.51. The fraction of sp³-hybridized carbons (Fsp3) is 0.636. The number of nitrogens with zero attached hydrogens (tertiary/aromatic N) is 2. The van der Waals surface area contributed by atoms with Gasteiger partial charge in [0, 0.05) is 13.6 Å². The van der Waals surface area contributed by atoms with E-state index in [1.807, 2.05) is 14.0 Å². The molecule has 0 bridgehead atoms. The third kappa shape index (κ3) is 3.54. The van der Waals surface area contributed by atoms with Crippen LogP contribution in [0.2, 0.25) is 0 Å². The molecule has 96 valence electrons. The van der Waals surface area contributed by atoms with Crippen LogP contribution in [0.4, 0.5) is 0 Å². The molecule has 1 unspecified atom stereocenters. The third-order valence-electron chi connectivity index (χ3n) is 2.48. The maximum atomic E-state index is 11.4. The Kier molecular flexibility index (Phi) is 5.14. The number of hydrogen-bond acceptors (Lipinski definition) is 4. The molecular formula is C11H18BrN3O2. The van der Waals surface area contributed by atoms with Gasteiger partial charge in [0.1, 0.15) is 6.04 Å². The van der Waals surface area contributed by atoms with Gasteiger partial charge in [0.2, 0.25) is 0 Å². The minimum Gasteiger partial charge on any atom is -0.465 e. The van der Waals surface area contributed by atoms with Crippen LogP contribution in [0.1, 0.15) is 25.2 Å². The van der Waals surface area contributed by atoms with Gasteiger partial charge in [0.05, 0.1) is 22.5 Å². The zero-order chi connectivity index (χ0) is 13.0. The number of carbonyl (C=O) groups is 1. The lowest BCUT2D eigenvalue weighted by atomic mass is 10.3. The standard InChI is InChI=1S/C11H18BrN3O2/c1-5-17-11(16)8(3)13-6-9-10(12)7(2)14-15(9)4/h8,13H,5-6H2,1-4H3. The summed E-state index contributed by atoms with van der Waals surface area (Å²) in [5.41, 5.74) is 1.95. The highest BCUT2D eigenvalue weighted by molar-refractivity contribution is 9.10. The Morgan fingerprint density at radius 1 is 1.65 bits per heavy atom. The molecule has 1 aromatic heterocycles. The molecule has 1 atom stereocenters. The van der Waals surface area contributed by atoms with Crippen molar-refractivity contribution in [3.8, 4) is 0 Å². The first kappa shape index (κ1) is 14.2. The summed E-state index contributed by atoms with van der Waals surface area (Å²) >= 11 is 3.48. The monoisotopic (exact) mass is 303 g/mol. The lowest BCUT2D eigenvalue weighted by Crippen LogP contribution is -2.35. The smallest absolute Gasteiger partial charge is 0.322 e. The molecule has 1 aromatic rings. The molecule has 1 heterocycles. The minimum absolute atomic E-state index is 0.234. The van der Waals surface area contributed by atoms with Gasteiger partial charge >= 0.3 is 5.97 Å². The summed E-state index contributed by atoms with van der Waals surface area (Å²) in [6.07, 6.45) is 0. The summed E-state index contributed by atoms with van der Waals surface area (Å²) in [5.74, 6) is -0.234. The fourth-order valence-electron chi connectivity index (χ4n) is 1.47. The summed E-state index contributed by atoms with van der Waals surface area (Å²) in [5, 5.41) is 7.40. The van der Waals surface area contributed by atoms with E-state index in [9.17, 15) is 4.79 Å². The molecule has 6 heteroatoms. The Morgan fingerprint density at radius 2 is 2.29 bits per heavy atom. The van der Waals surface area contributed by atoms with Crippen LogP contribution in [-0.2, 0) is 23.1 Å². The molecule has 0 aliphatic rings. The van der Waals surface area contributed by atoms with Crippen molar-refractivity contribution in [2.45, 2.75) is 33.4 Å². The number of halogens is 1. The molecule has 0 saturated carbocycles. The maximum Gasteiger partial charge on any atom is 0.322 e. The second-order valence-electron chi connectivity index (χ2n) is 3.82. The molecule has 0 aromatic carbocycles. The normalized spacial score (nSPS) is 12.5. The number of aromatic nitrogens is 2. The van der Waals surface area contributed by atoms with Gasteiger partial charge < -0.3 is 4.74 Å². The molecule has 1 rings (SSSR count). The van der Waals surface area contributed by atoms with Gasteiger partial charge in [-0.25, -0.2) is 0 Å². The van der Waals surface area contributed by atoms with Crippen molar-refractivity contribution in [1.82, 2.24) is 15.1 Å². The van der Waals surface area contributed by atoms with Crippen molar-refractivity contribution in [3.05, 3.63) is 15.9 Å². The summed E-state index contributed by atoms with van der Waals surface area (Å²) in [6.45, 7) is 6.49. The molecule has 0 radical (unpaired) electrons. The molecule has 0 spiro atoms. The van der Waals surface area contributed by atoms with Gasteiger partial charge in [-0.1, -0.05) is 0 Å². The number of aryl methyl sites for hydroxylation is 2. The largest absolute Gasteiger partial charge is 0.465 e. The lowest BCUT2D eigenvalue weighted by Gasteiger charge is -2.12. The lowest BCUT2D eigenvalue weighted by molar-refractivity contribution is -0.145. The van der Waals surface area contributed by atoms with Crippen molar-refractivity contribution in [2.75, 3.05) is 6.61 Å². The highest BCUT2D eigenvalue weighted by Crippen LogP contribution is 2.19. The first-order chi connectivity index (χ1) is 7.97. The molecular weight excluding hydrogens is 286 g/mol. The molecule has 5 nitrogen and oxygen atoms in total. The van der Waals surface area contributed by atoms with Gasteiger partial charge in [-0.3, -0.25) is 14.8 Å². The number of hydrogen-bond donors (Lipinski definition) is 1. The van der Waals surface area contributed by atoms with E-state index in [4.69, 9.17) is 4.74 Å². The summed E-state index contributed by atoms with van der Waals surface area (Å²) < 4.78 is 7.69. The predicted octanol–water partition coefficient (Wildman–Crippen LogP) is 1.53. The summed E-state index contributed by atoms with van der Waals surface area (Å²) in [4.78, 5) is 11.4. The van der Waals surface area contributed by atoms with Gasteiger partial charge in [-0.05, 0) is 36.7 Å². The zero-order valence-electron chi connectivity index (χ0n) is 10.6. The number of esters is 1. The van der Waals surface area contributed by atoms with Crippen LogP contribution in [0, 0.1) is 6.92 Å². The molecule has 0 fully saturated rings. The maximum absolute atomic E-state index is 11.4. The molecule has 0 saturated heterocycles. The number of carbonyl (C=O) groups excluding carboxylic acids is 1. The van der Waals surface area contributed by atoms with Crippen LogP contribution in [-0.4, -0.2) is 28.4 Å². The van der Waals surface area contributed by atoms with E-state index in [-0.39, 0.29) is 12.0 Å². The number of nitrogens with one attached hydrogen (secondary N) is 1. The number of rotatable bonds is 5. The van der Waals surface area contributed by atoms with Crippen LogP contribution < -0.4 is 5.32 Å². The second-order valence-corrected chi connectivity index (χ2v) is 4.62.